The van der Waals surface area contributed by atoms with Gasteiger partial charge in [-0.25, -0.2) is 4.79 Å². The zero-order chi connectivity index (χ0) is 15.1. The van der Waals surface area contributed by atoms with E-state index in [0.717, 1.165) is 17.7 Å². The number of anilines is 1. The number of carbonyl (C=O) groups is 1. The number of hydrogen-bond acceptors (Lipinski definition) is 2. The van der Waals surface area contributed by atoms with Crippen molar-refractivity contribution in [1.82, 2.24) is 4.90 Å². The summed E-state index contributed by atoms with van der Waals surface area (Å²) in [6.45, 7) is 1.14. The minimum Gasteiger partial charge on any atom is -0.327 e. The molecular weight excluding hydrogens is 262 g/mol. The van der Waals surface area contributed by atoms with Crippen molar-refractivity contribution in [2.45, 2.75) is 13.0 Å². The van der Waals surface area contributed by atoms with Crippen LogP contribution >= 0.6 is 0 Å². The summed E-state index contributed by atoms with van der Waals surface area (Å²) in [6, 6.07) is 17.6. The maximum Gasteiger partial charge on any atom is 0.321 e. The van der Waals surface area contributed by atoms with Crippen molar-refractivity contribution < 1.29 is 4.79 Å². The number of urea groups is 1. The topological polar surface area (TPSA) is 58.4 Å². The fraction of sp³-hybridized carbons (Fsp3) is 0.235. The van der Waals surface area contributed by atoms with Crippen LogP contribution in [0.1, 0.15) is 11.1 Å². The number of carbonyl (C=O) groups excluding carboxylic acids is 1. The molecule has 0 aliphatic rings. The Bertz CT molecular complexity index is 584. The second-order valence-corrected chi connectivity index (χ2v) is 4.99. The number of likely N-dealkylation sites (N-methyl/N-ethyl adjacent to an activating group) is 1. The lowest BCUT2D eigenvalue weighted by molar-refractivity contribution is 0.223. The normalized spacial score (nSPS) is 10.2. The number of rotatable bonds is 5. The molecule has 0 unspecified atom stereocenters. The predicted octanol–water partition coefficient (Wildman–Crippen LogP) is 2.85. The molecule has 0 bridgehead atoms. The van der Waals surface area contributed by atoms with Gasteiger partial charge in [0.1, 0.15) is 0 Å². The molecule has 0 radical (unpaired) electrons. The summed E-state index contributed by atoms with van der Waals surface area (Å²) in [6.07, 6.45) is 0.841. The van der Waals surface area contributed by atoms with Crippen LogP contribution in [-0.2, 0) is 13.0 Å². The van der Waals surface area contributed by atoms with Crippen LogP contribution in [-0.4, -0.2) is 24.5 Å². The Morgan fingerprint density at radius 1 is 1.10 bits per heavy atom. The van der Waals surface area contributed by atoms with Crippen LogP contribution in [0.2, 0.25) is 0 Å². The predicted molar refractivity (Wildman–Crippen MR) is 86.1 cm³/mol. The molecular formula is C17H21N3O. The molecule has 4 nitrogen and oxygen atoms in total. The Morgan fingerprint density at radius 3 is 2.52 bits per heavy atom. The summed E-state index contributed by atoms with van der Waals surface area (Å²) in [5, 5.41) is 2.88. The van der Waals surface area contributed by atoms with Crippen LogP contribution < -0.4 is 11.1 Å². The molecule has 21 heavy (non-hydrogen) atoms. The highest BCUT2D eigenvalue weighted by atomic mass is 16.2. The molecule has 2 aromatic rings. The first kappa shape index (κ1) is 15.1. The van der Waals surface area contributed by atoms with E-state index in [2.05, 4.69) is 17.4 Å². The molecule has 0 atom stereocenters. The first-order valence-electron chi connectivity index (χ1n) is 7.04. The Hall–Kier alpha value is -2.33. The second kappa shape index (κ2) is 7.45. The Morgan fingerprint density at radius 2 is 1.81 bits per heavy atom. The van der Waals surface area contributed by atoms with Gasteiger partial charge >= 0.3 is 6.03 Å². The van der Waals surface area contributed by atoms with Crippen molar-refractivity contribution in [1.29, 1.82) is 0 Å². The van der Waals surface area contributed by atoms with E-state index in [-0.39, 0.29) is 6.03 Å². The zero-order valence-electron chi connectivity index (χ0n) is 12.3. The Kier molecular flexibility index (Phi) is 5.35. The van der Waals surface area contributed by atoms with Crippen molar-refractivity contribution in [2.75, 3.05) is 18.9 Å². The van der Waals surface area contributed by atoms with Crippen molar-refractivity contribution in [3.05, 3.63) is 65.7 Å². The molecule has 0 fully saturated rings. The minimum atomic E-state index is -0.111. The molecule has 0 heterocycles. The number of hydrogen-bond donors (Lipinski definition) is 2. The van der Waals surface area contributed by atoms with Gasteiger partial charge in [0.15, 0.2) is 0 Å². The van der Waals surface area contributed by atoms with E-state index in [1.807, 2.05) is 42.5 Å². The van der Waals surface area contributed by atoms with Crippen LogP contribution in [0, 0.1) is 0 Å². The molecule has 2 amide bonds. The monoisotopic (exact) mass is 283 g/mol. The van der Waals surface area contributed by atoms with E-state index in [4.69, 9.17) is 5.73 Å². The number of nitrogens with zero attached hydrogens (tertiary/aromatic N) is 1. The Balaban J connectivity index is 1.87. The highest BCUT2D eigenvalue weighted by Crippen LogP contribution is 2.11. The maximum absolute atomic E-state index is 12.1. The average molecular weight is 283 g/mol. The lowest BCUT2D eigenvalue weighted by Gasteiger charge is -2.18. The zero-order valence-corrected chi connectivity index (χ0v) is 12.3. The Labute approximate surface area is 125 Å². The van der Waals surface area contributed by atoms with Gasteiger partial charge in [-0.3, -0.25) is 0 Å². The molecule has 0 aliphatic heterocycles. The summed E-state index contributed by atoms with van der Waals surface area (Å²) < 4.78 is 0. The molecule has 2 rings (SSSR count). The molecule has 110 valence electrons. The largest absolute Gasteiger partial charge is 0.327 e. The molecule has 0 aliphatic carbocycles. The highest BCUT2D eigenvalue weighted by molar-refractivity contribution is 5.89. The number of nitrogens with one attached hydrogen (secondary N) is 1. The van der Waals surface area contributed by atoms with E-state index in [1.54, 1.807) is 11.9 Å². The smallest absolute Gasteiger partial charge is 0.321 e. The third-order valence-electron chi connectivity index (χ3n) is 3.34. The van der Waals surface area contributed by atoms with Crippen LogP contribution in [0.15, 0.2) is 54.6 Å². The fourth-order valence-electron chi connectivity index (χ4n) is 2.04. The summed E-state index contributed by atoms with van der Waals surface area (Å²) in [5.41, 5.74) is 8.60. The number of nitrogens with two attached hydrogens (primary N) is 1. The van der Waals surface area contributed by atoms with Crippen LogP contribution in [0.3, 0.4) is 0 Å². The summed E-state index contributed by atoms with van der Waals surface area (Å²) in [4.78, 5) is 13.8. The molecule has 3 N–H and O–H groups in total. The fourth-order valence-corrected chi connectivity index (χ4v) is 2.04. The van der Waals surface area contributed by atoms with E-state index in [0.29, 0.717) is 13.1 Å². The van der Waals surface area contributed by atoms with Crippen molar-refractivity contribution >= 4 is 11.7 Å². The van der Waals surface area contributed by atoms with Gasteiger partial charge in [-0.2, -0.15) is 0 Å². The van der Waals surface area contributed by atoms with Crippen LogP contribution in [0.4, 0.5) is 10.5 Å². The maximum atomic E-state index is 12.1. The van der Waals surface area contributed by atoms with Gasteiger partial charge in [0.25, 0.3) is 0 Å². The minimum absolute atomic E-state index is 0.111. The van der Waals surface area contributed by atoms with Gasteiger partial charge in [-0.15, -0.1) is 0 Å². The van der Waals surface area contributed by atoms with Gasteiger partial charge in [-0.05, 0) is 29.7 Å². The van der Waals surface area contributed by atoms with Gasteiger partial charge in [-0.1, -0.05) is 42.5 Å². The second-order valence-electron chi connectivity index (χ2n) is 4.99. The first-order chi connectivity index (χ1) is 10.2. The average Bonchev–Trinajstić information content (AvgIpc) is 2.53. The molecule has 0 spiro atoms. The number of amides is 2. The summed E-state index contributed by atoms with van der Waals surface area (Å²) >= 11 is 0. The van der Waals surface area contributed by atoms with Gasteiger partial charge in [0, 0.05) is 25.8 Å². The van der Waals surface area contributed by atoms with Gasteiger partial charge < -0.3 is 16.0 Å². The van der Waals surface area contributed by atoms with Crippen molar-refractivity contribution in [3.63, 3.8) is 0 Å². The van der Waals surface area contributed by atoms with Crippen LogP contribution in [0.5, 0.6) is 0 Å². The van der Waals surface area contributed by atoms with Gasteiger partial charge in [0.05, 0.1) is 0 Å². The van der Waals surface area contributed by atoms with E-state index >= 15 is 0 Å². The number of benzene rings is 2. The summed E-state index contributed by atoms with van der Waals surface area (Å²) in [5.74, 6) is 0. The van der Waals surface area contributed by atoms with E-state index < -0.39 is 0 Å². The lowest BCUT2D eigenvalue weighted by atomic mass is 10.1. The van der Waals surface area contributed by atoms with Crippen molar-refractivity contribution in [2.24, 2.45) is 5.73 Å². The van der Waals surface area contributed by atoms with E-state index in [9.17, 15) is 4.79 Å². The molecule has 0 saturated heterocycles. The first-order valence-corrected chi connectivity index (χ1v) is 7.04. The lowest BCUT2D eigenvalue weighted by Crippen LogP contribution is -2.33. The summed E-state index contributed by atoms with van der Waals surface area (Å²) in [7, 11) is 1.80. The quantitative estimate of drug-likeness (QED) is 0.886. The molecule has 2 aromatic carbocycles. The van der Waals surface area contributed by atoms with Crippen LogP contribution in [0.25, 0.3) is 0 Å². The third-order valence-corrected chi connectivity index (χ3v) is 3.34. The van der Waals surface area contributed by atoms with Crippen molar-refractivity contribution in [3.8, 4) is 0 Å². The third kappa shape index (κ3) is 4.61. The molecule has 0 saturated carbocycles. The van der Waals surface area contributed by atoms with Gasteiger partial charge in [0.2, 0.25) is 0 Å². The standard InChI is InChI=1S/C17H21N3O/c1-20(11-10-14-6-3-2-4-7-14)17(21)19-16-9-5-8-15(12-16)13-18/h2-9,12H,10-11,13,18H2,1H3,(H,19,21). The van der Waals surface area contributed by atoms with E-state index in [1.165, 1.54) is 5.56 Å². The highest BCUT2D eigenvalue weighted by Gasteiger charge is 2.08. The SMILES string of the molecule is CN(CCc1ccccc1)C(=O)Nc1cccc(CN)c1. The molecule has 0 aromatic heterocycles. The molecule has 4 heteroatoms.